The Labute approximate surface area is 95.7 Å². The molecule has 0 saturated carbocycles. The van der Waals surface area contributed by atoms with Crippen molar-refractivity contribution in [1.29, 1.82) is 0 Å². The molecule has 0 bridgehead atoms. The van der Waals surface area contributed by atoms with Crippen LogP contribution in [0.25, 0.3) is 0 Å². The zero-order valence-electron chi connectivity index (χ0n) is 10.1. The van der Waals surface area contributed by atoms with Crippen LogP contribution in [0.4, 0.5) is 0 Å². The summed E-state index contributed by atoms with van der Waals surface area (Å²) in [6.07, 6.45) is 0. The Morgan fingerprint density at radius 1 is 1.19 bits per heavy atom. The molecule has 1 unspecified atom stereocenters. The van der Waals surface area contributed by atoms with Crippen LogP contribution < -0.4 is 0 Å². The summed E-state index contributed by atoms with van der Waals surface area (Å²) in [5.74, 6) is -0.792. The lowest BCUT2D eigenvalue weighted by molar-refractivity contribution is -0.147. The Hall–Kier alpha value is -1.51. The molecule has 1 rings (SSSR count). The van der Waals surface area contributed by atoms with E-state index in [0.29, 0.717) is 5.56 Å². The number of hydrogen-bond donors (Lipinski definition) is 2. The minimum absolute atomic E-state index is 0.0919. The van der Waals surface area contributed by atoms with Gasteiger partial charge in [-0.05, 0) is 30.0 Å². The molecule has 0 aromatic heterocycles. The highest BCUT2D eigenvalue weighted by atomic mass is 16.4. The van der Waals surface area contributed by atoms with E-state index in [1.54, 1.807) is 19.1 Å². The van der Waals surface area contributed by atoms with Gasteiger partial charge in [0.2, 0.25) is 0 Å². The van der Waals surface area contributed by atoms with Crippen molar-refractivity contribution in [1.82, 2.24) is 0 Å². The number of rotatable bonds is 2. The third kappa shape index (κ3) is 1.90. The van der Waals surface area contributed by atoms with Crippen molar-refractivity contribution in [3.05, 3.63) is 29.8 Å². The minimum Gasteiger partial charge on any atom is -0.508 e. The molecule has 0 saturated heterocycles. The minimum atomic E-state index is -1.02. The highest BCUT2D eigenvalue weighted by Crippen LogP contribution is 2.42. The first-order valence-corrected chi connectivity index (χ1v) is 5.22. The molecule has 0 heterocycles. The number of carboxylic acid groups (broad SMARTS) is 1. The highest BCUT2D eigenvalue weighted by molar-refractivity contribution is 5.82. The molecule has 0 spiro atoms. The van der Waals surface area contributed by atoms with Gasteiger partial charge in [0.25, 0.3) is 0 Å². The van der Waals surface area contributed by atoms with Crippen LogP contribution in [0.2, 0.25) is 0 Å². The third-order valence-corrected chi connectivity index (χ3v) is 3.35. The van der Waals surface area contributed by atoms with E-state index in [0.717, 1.165) is 0 Å². The molecule has 1 aromatic carbocycles. The zero-order valence-corrected chi connectivity index (χ0v) is 10.1. The number of carboxylic acids is 1. The first kappa shape index (κ1) is 12.6. The van der Waals surface area contributed by atoms with Crippen molar-refractivity contribution < 1.29 is 15.0 Å². The second-order valence-corrected chi connectivity index (χ2v) is 5.23. The van der Waals surface area contributed by atoms with Gasteiger partial charge in [-0.1, -0.05) is 32.9 Å². The summed E-state index contributed by atoms with van der Waals surface area (Å²) in [7, 11) is 0. The molecule has 0 fully saturated rings. The van der Waals surface area contributed by atoms with E-state index in [1.807, 2.05) is 20.8 Å². The molecule has 2 N–H and O–H groups in total. The number of carbonyl (C=O) groups is 1. The average Bonchev–Trinajstić information content (AvgIpc) is 2.14. The van der Waals surface area contributed by atoms with Gasteiger partial charge in [0.05, 0.1) is 5.41 Å². The lowest BCUT2D eigenvalue weighted by atomic mass is 9.64. The average molecular weight is 222 g/mol. The number of aromatic hydroxyl groups is 1. The summed E-state index contributed by atoms with van der Waals surface area (Å²) in [5, 5.41) is 18.9. The van der Waals surface area contributed by atoms with Crippen LogP contribution in [0, 0.1) is 5.41 Å². The van der Waals surface area contributed by atoms with Crippen LogP contribution in [-0.2, 0) is 10.2 Å². The largest absolute Gasteiger partial charge is 0.508 e. The van der Waals surface area contributed by atoms with Crippen molar-refractivity contribution in [3.63, 3.8) is 0 Å². The van der Waals surface area contributed by atoms with Crippen LogP contribution in [0.1, 0.15) is 33.3 Å². The lowest BCUT2D eigenvalue weighted by Crippen LogP contribution is -2.44. The fraction of sp³-hybridized carbons (Fsp3) is 0.462. The van der Waals surface area contributed by atoms with Crippen molar-refractivity contribution in [3.8, 4) is 5.75 Å². The van der Waals surface area contributed by atoms with Gasteiger partial charge in [0.1, 0.15) is 5.75 Å². The predicted molar refractivity (Wildman–Crippen MR) is 62.5 cm³/mol. The van der Waals surface area contributed by atoms with Crippen LogP contribution in [0.5, 0.6) is 5.75 Å². The van der Waals surface area contributed by atoms with Gasteiger partial charge >= 0.3 is 5.97 Å². The maximum Gasteiger partial charge on any atom is 0.314 e. The van der Waals surface area contributed by atoms with Gasteiger partial charge in [0, 0.05) is 0 Å². The summed E-state index contributed by atoms with van der Waals surface area (Å²) in [4.78, 5) is 11.5. The normalized spacial score (nSPS) is 15.5. The van der Waals surface area contributed by atoms with Crippen molar-refractivity contribution in [2.24, 2.45) is 5.41 Å². The number of phenols is 1. The Balaban J connectivity index is 3.39. The second kappa shape index (κ2) is 3.81. The van der Waals surface area contributed by atoms with Gasteiger partial charge < -0.3 is 10.2 Å². The lowest BCUT2D eigenvalue weighted by Gasteiger charge is -2.38. The molecule has 16 heavy (non-hydrogen) atoms. The molecular formula is C13H18O3. The van der Waals surface area contributed by atoms with Crippen molar-refractivity contribution in [2.75, 3.05) is 0 Å². The van der Waals surface area contributed by atoms with E-state index in [-0.39, 0.29) is 5.75 Å². The van der Waals surface area contributed by atoms with E-state index in [4.69, 9.17) is 0 Å². The second-order valence-electron chi connectivity index (χ2n) is 5.23. The van der Waals surface area contributed by atoms with E-state index in [9.17, 15) is 15.0 Å². The van der Waals surface area contributed by atoms with Gasteiger partial charge in [-0.15, -0.1) is 0 Å². The molecule has 88 valence electrons. The molecule has 3 nitrogen and oxygen atoms in total. The van der Waals surface area contributed by atoms with Crippen LogP contribution in [0.3, 0.4) is 0 Å². The molecule has 0 amide bonds. The SMILES string of the molecule is CC(C)(C)C(C)(C(=O)O)c1cccc(O)c1. The van der Waals surface area contributed by atoms with Gasteiger partial charge in [0.15, 0.2) is 0 Å². The molecule has 3 heteroatoms. The van der Waals surface area contributed by atoms with E-state index < -0.39 is 16.8 Å². The predicted octanol–water partition coefficient (Wildman–Crippen LogP) is 2.78. The Bertz CT molecular complexity index is 404. The maximum atomic E-state index is 11.5. The molecule has 0 aliphatic heterocycles. The first-order valence-electron chi connectivity index (χ1n) is 5.22. The molecule has 0 aliphatic carbocycles. The Morgan fingerprint density at radius 3 is 2.12 bits per heavy atom. The van der Waals surface area contributed by atoms with Gasteiger partial charge in [-0.25, -0.2) is 0 Å². The summed E-state index contributed by atoms with van der Waals surface area (Å²) in [6.45, 7) is 7.33. The van der Waals surface area contributed by atoms with Crippen LogP contribution in [0.15, 0.2) is 24.3 Å². The third-order valence-electron chi connectivity index (χ3n) is 3.35. The van der Waals surface area contributed by atoms with Gasteiger partial charge in [-0.2, -0.15) is 0 Å². The van der Waals surface area contributed by atoms with Gasteiger partial charge in [-0.3, -0.25) is 4.79 Å². The highest BCUT2D eigenvalue weighted by Gasteiger charge is 2.46. The topological polar surface area (TPSA) is 57.5 Å². The monoisotopic (exact) mass is 222 g/mol. The fourth-order valence-electron chi connectivity index (χ4n) is 1.69. The van der Waals surface area contributed by atoms with Crippen molar-refractivity contribution in [2.45, 2.75) is 33.1 Å². The Kier molecular flexibility index (Phi) is 2.99. The molecule has 0 radical (unpaired) electrons. The van der Waals surface area contributed by atoms with E-state index >= 15 is 0 Å². The Morgan fingerprint density at radius 2 is 1.75 bits per heavy atom. The number of benzene rings is 1. The van der Waals surface area contributed by atoms with E-state index in [1.165, 1.54) is 12.1 Å². The van der Waals surface area contributed by atoms with Crippen molar-refractivity contribution >= 4 is 5.97 Å². The smallest absolute Gasteiger partial charge is 0.314 e. The standard InChI is InChI=1S/C13H18O3/c1-12(2,3)13(4,11(15)16)9-6-5-7-10(14)8-9/h5-8,14H,1-4H3,(H,15,16). The first-order chi connectivity index (χ1) is 7.19. The summed E-state index contributed by atoms with van der Waals surface area (Å²) >= 11 is 0. The van der Waals surface area contributed by atoms with E-state index in [2.05, 4.69) is 0 Å². The number of phenolic OH excluding ortho intramolecular Hbond substituents is 1. The molecular weight excluding hydrogens is 204 g/mol. The fourth-order valence-corrected chi connectivity index (χ4v) is 1.69. The molecule has 0 aliphatic rings. The zero-order chi connectivity index (χ0) is 12.6. The number of hydrogen-bond acceptors (Lipinski definition) is 2. The maximum absolute atomic E-state index is 11.5. The summed E-state index contributed by atoms with van der Waals surface area (Å²) < 4.78 is 0. The van der Waals surface area contributed by atoms with Crippen LogP contribution >= 0.6 is 0 Å². The number of aliphatic carboxylic acids is 1. The molecule has 1 atom stereocenters. The quantitative estimate of drug-likeness (QED) is 0.809. The summed E-state index contributed by atoms with van der Waals surface area (Å²) in [6, 6.07) is 6.45. The van der Waals surface area contributed by atoms with Crippen LogP contribution in [-0.4, -0.2) is 16.2 Å². The summed E-state index contributed by atoms with van der Waals surface area (Å²) in [5.41, 5.74) is -0.842. The molecule has 1 aromatic rings.